The van der Waals surface area contributed by atoms with Gasteiger partial charge in [0.15, 0.2) is 0 Å². The Morgan fingerprint density at radius 3 is 2.88 bits per heavy atom. The van der Waals surface area contributed by atoms with Crippen LogP contribution in [0.1, 0.15) is 25.3 Å². The molecule has 0 fully saturated rings. The smallest absolute Gasteiger partial charge is 0.309 e. The zero-order valence-corrected chi connectivity index (χ0v) is 9.91. The van der Waals surface area contributed by atoms with Crippen LogP contribution in [0.3, 0.4) is 0 Å². The second-order valence-corrected chi connectivity index (χ2v) is 5.01. The summed E-state index contributed by atoms with van der Waals surface area (Å²) in [4.78, 5) is 11.2. The highest BCUT2D eigenvalue weighted by Crippen LogP contribution is 2.45. The summed E-state index contributed by atoms with van der Waals surface area (Å²) in [6.45, 7) is 3.81. The molecule has 2 rings (SSSR count). The van der Waals surface area contributed by atoms with Crippen LogP contribution in [-0.4, -0.2) is 17.7 Å². The van der Waals surface area contributed by atoms with E-state index in [1.165, 1.54) is 0 Å². The van der Waals surface area contributed by atoms with E-state index in [1.807, 2.05) is 0 Å². The van der Waals surface area contributed by atoms with Gasteiger partial charge in [-0.2, -0.15) is 0 Å². The number of carboxylic acid groups (broad SMARTS) is 1. The number of hydrogen-bond donors (Lipinski definition) is 1. The number of fused-ring (bicyclic) bond motifs is 1. The molecular formula is C12H13ClO3. The summed E-state index contributed by atoms with van der Waals surface area (Å²) >= 11 is 5.92. The van der Waals surface area contributed by atoms with Crippen molar-refractivity contribution in [3.63, 3.8) is 0 Å². The van der Waals surface area contributed by atoms with Crippen molar-refractivity contribution in [1.82, 2.24) is 0 Å². The number of ether oxygens (including phenoxy) is 1. The fourth-order valence-corrected chi connectivity index (χ4v) is 2.11. The predicted octanol–water partition coefficient (Wildman–Crippen LogP) is 2.93. The summed E-state index contributed by atoms with van der Waals surface area (Å²) < 4.78 is 5.48. The maximum absolute atomic E-state index is 11.2. The maximum atomic E-state index is 11.2. The molecule has 0 radical (unpaired) electrons. The zero-order valence-electron chi connectivity index (χ0n) is 9.16. The molecule has 0 bridgehead atoms. The first kappa shape index (κ1) is 11.3. The van der Waals surface area contributed by atoms with Gasteiger partial charge in [0.1, 0.15) is 5.75 Å². The molecule has 1 N–H and O–H groups in total. The molecule has 0 saturated carbocycles. The van der Waals surface area contributed by atoms with E-state index in [9.17, 15) is 9.90 Å². The van der Waals surface area contributed by atoms with Crippen LogP contribution in [0.25, 0.3) is 0 Å². The Morgan fingerprint density at radius 1 is 1.56 bits per heavy atom. The third kappa shape index (κ3) is 1.65. The monoisotopic (exact) mass is 240 g/mol. The summed E-state index contributed by atoms with van der Waals surface area (Å²) in [6, 6.07) is 5.32. The number of aliphatic carboxylic acids is 1. The van der Waals surface area contributed by atoms with Gasteiger partial charge in [-0.1, -0.05) is 11.6 Å². The average Bonchev–Trinajstić information content (AvgIpc) is 2.60. The molecule has 0 aliphatic carbocycles. The Bertz CT molecular complexity index is 440. The number of carboxylic acids is 1. The topological polar surface area (TPSA) is 46.5 Å². The van der Waals surface area contributed by atoms with Crippen molar-refractivity contribution < 1.29 is 14.6 Å². The molecule has 3 nitrogen and oxygen atoms in total. The van der Waals surface area contributed by atoms with Gasteiger partial charge in [0, 0.05) is 16.5 Å². The first-order valence-electron chi connectivity index (χ1n) is 5.08. The molecule has 0 amide bonds. The predicted molar refractivity (Wildman–Crippen MR) is 61.1 cm³/mol. The summed E-state index contributed by atoms with van der Waals surface area (Å²) in [5, 5.41) is 9.81. The molecule has 16 heavy (non-hydrogen) atoms. The highest BCUT2D eigenvalue weighted by Gasteiger charge is 2.42. The highest BCUT2D eigenvalue weighted by atomic mass is 35.5. The molecular weight excluding hydrogens is 228 g/mol. The van der Waals surface area contributed by atoms with Crippen molar-refractivity contribution >= 4 is 17.6 Å². The van der Waals surface area contributed by atoms with Gasteiger partial charge in [-0.15, -0.1) is 0 Å². The van der Waals surface area contributed by atoms with Crippen LogP contribution in [0.2, 0.25) is 5.02 Å². The van der Waals surface area contributed by atoms with Crippen molar-refractivity contribution in [2.24, 2.45) is 5.41 Å². The van der Waals surface area contributed by atoms with Gasteiger partial charge in [-0.05, 0) is 32.0 Å². The average molecular weight is 241 g/mol. The Morgan fingerprint density at radius 2 is 2.25 bits per heavy atom. The lowest BCUT2D eigenvalue weighted by molar-refractivity contribution is -0.148. The van der Waals surface area contributed by atoms with Crippen LogP contribution in [0.4, 0.5) is 0 Å². The molecule has 1 heterocycles. The summed E-state index contributed by atoms with van der Waals surface area (Å²) in [5.74, 6) is -0.239. The minimum Gasteiger partial charge on any atom is -0.493 e. The van der Waals surface area contributed by atoms with E-state index in [2.05, 4.69) is 0 Å². The number of hydrogen-bond acceptors (Lipinski definition) is 2. The largest absolute Gasteiger partial charge is 0.493 e. The minimum atomic E-state index is -0.851. The molecule has 1 atom stereocenters. The summed E-state index contributed by atoms with van der Waals surface area (Å²) in [7, 11) is 0. The Kier molecular flexibility index (Phi) is 2.58. The van der Waals surface area contributed by atoms with Crippen molar-refractivity contribution in [2.45, 2.75) is 19.8 Å². The number of carbonyl (C=O) groups is 1. The van der Waals surface area contributed by atoms with E-state index in [1.54, 1.807) is 32.0 Å². The second-order valence-electron chi connectivity index (χ2n) is 4.57. The molecule has 0 aromatic heterocycles. The minimum absolute atomic E-state index is 0.154. The lowest BCUT2D eigenvalue weighted by Gasteiger charge is -2.25. The first-order chi connectivity index (χ1) is 7.43. The molecule has 4 heteroatoms. The van der Waals surface area contributed by atoms with Crippen molar-refractivity contribution in [3.05, 3.63) is 28.8 Å². The fourth-order valence-electron chi connectivity index (χ4n) is 1.93. The van der Waals surface area contributed by atoms with E-state index in [0.29, 0.717) is 11.6 Å². The fraction of sp³-hybridized carbons (Fsp3) is 0.417. The molecule has 86 valence electrons. The van der Waals surface area contributed by atoms with Crippen LogP contribution >= 0.6 is 11.6 Å². The van der Waals surface area contributed by atoms with Gasteiger partial charge in [0.2, 0.25) is 0 Å². The number of halogens is 1. The first-order valence-corrected chi connectivity index (χ1v) is 5.46. The van der Waals surface area contributed by atoms with Crippen molar-refractivity contribution in [1.29, 1.82) is 0 Å². The van der Waals surface area contributed by atoms with E-state index in [0.717, 1.165) is 11.3 Å². The van der Waals surface area contributed by atoms with Crippen LogP contribution < -0.4 is 4.74 Å². The summed E-state index contributed by atoms with van der Waals surface area (Å²) in [6.07, 6.45) is 0. The highest BCUT2D eigenvalue weighted by molar-refractivity contribution is 6.30. The van der Waals surface area contributed by atoms with E-state index >= 15 is 0 Å². The van der Waals surface area contributed by atoms with Gasteiger partial charge in [0.05, 0.1) is 12.0 Å². The zero-order chi connectivity index (χ0) is 11.9. The standard InChI is InChI=1S/C12H13ClO3/c1-12(2,11(14)15)9-6-16-10-4-3-7(13)5-8(9)10/h3-5,9H,6H2,1-2H3,(H,14,15). The molecule has 1 aliphatic rings. The van der Waals surface area contributed by atoms with Gasteiger partial charge in [-0.25, -0.2) is 0 Å². The van der Waals surface area contributed by atoms with Crippen LogP contribution in [0.15, 0.2) is 18.2 Å². The molecule has 0 spiro atoms. The third-order valence-electron chi connectivity index (χ3n) is 3.18. The SMILES string of the molecule is CC(C)(C(=O)O)C1COc2ccc(Cl)cc21. The van der Waals surface area contributed by atoms with Crippen LogP contribution in [-0.2, 0) is 4.79 Å². The van der Waals surface area contributed by atoms with Gasteiger partial charge in [0.25, 0.3) is 0 Å². The normalized spacial score (nSPS) is 19.1. The molecule has 1 unspecified atom stereocenters. The number of benzene rings is 1. The van der Waals surface area contributed by atoms with Crippen molar-refractivity contribution in [2.75, 3.05) is 6.61 Å². The van der Waals surface area contributed by atoms with E-state index in [-0.39, 0.29) is 5.92 Å². The van der Waals surface area contributed by atoms with Gasteiger partial charge >= 0.3 is 5.97 Å². The lowest BCUT2D eigenvalue weighted by Crippen LogP contribution is -2.32. The van der Waals surface area contributed by atoms with Crippen LogP contribution in [0, 0.1) is 5.41 Å². The number of rotatable bonds is 2. The van der Waals surface area contributed by atoms with Crippen molar-refractivity contribution in [3.8, 4) is 5.75 Å². The maximum Gasteiger partial charge on any atom is 0.309 e. The Balaban J connectivity index is 2.43. The van der Waals surface area contributed by atoms with E-state index in [4.69, 9.17) is 16.3 Å². The van der Waals surface area contributed by atoms with Crippen LogP contribution in [0.5, 0.6) is 5.75 Å². The Hall–Kier alpha value is -1.22. The lowest BCUT2D eigenvalue weighted by atomic mass is 9.76. The molecule has 1 aromatic rings. The molecule has 1 aromatic carbocycles. The van der Waals surface area contributed by atoms with Gasteiger partial charge < -0.3 is 9.84 Å². The van der Waals surface area contributed by atoms with Gasteiger partial charge in [-0.3, -0.25) is 4.79 Å². The molecule has 1 aliphatic heterocycles. The molecule has 0 saturated heterocycles. The third-order valence-corrected chi connectivity index (χ3v) is 3.41. The van der Waals surface area contributed by atoms with E-state index < -0.39 is 11.4 Å². The summed E-state index contributed by atoms with van der Waals surface area (Å²) in [5.41, 5.74) is 0.0375. The second kappa shape index (κ2) is 3.67. The Labute approximate surface area is 99.0 Å². The quantitative estimate of drug-likeness (QED) is 0.865.